The van der Waals surface area contributed by atoms with Gasteiger partial charge in [0, 0.05) is 32.6 Å². The Labute approximate surface area is 93.6 Å². The zero-order chi connectivity index (χ0) is 11.8. The van der Waals surface area contributed by atoms with E-state index in [-0.39, 0.29) is 24.9 Å². The third-order valence-electron chi connectivity index (χ3n) is 3.28. The van der Waals surface area contributed by atoms with Crippen LogP contribution in [0.15, 0.2) is 0 Å². The van der Waals surface area contributed by atoms with E-state index in [0.29, 0.717) is 6.54 Å². The second-order valence-electron chi connectivity index (χ2n) is 4.57. The van der Waals surface area contributed by atoms with Crippen LogP contribution in [0.5, 0.6) is 0 Å². The van der Waals surface area contributed by atoms with Crippen LogP contribution in [0.2, 0.25) is 0 Å². The fourth-order valence-corrected chi connectivity index (χ4v) is 2.22. The van der Waals surface area contributed by atoms with Gasteiger partial charge in [0.2, 0.25) is 5.91 Å². The van der Waals surface area contributed by atoms with Crippen molar-refractivity contribution in [2.45, 2.75) is 18.4 Å². The Morgan fingerprint density at radius 1 is 1.44 bits per heavy atom. The van der Waals surface area contributed by atoms with Crippen LogP contribution in [-0.2, 0) is 4.79 Å². The molecule has 0 aromatic rings. The molecule has 2 aliphatic rings. The summed E-state index contributed by atoms with van der Waals surface area (Å²) in [6, 6.07) is -0.289. The minimum atomic E-state index is -2.70. The van der Waals surface area contributed by atoms with Crippen molar-refractivity contribution in [1.29, 1.82) is 0 Å². The first-order valence-corrected chi connectivity index (χ1v) is 5.57. The Morgan fingerprint density at radius 2 is 2.19 bits per heavy atom. The highest BCUT2D eigenvalue weighted by molar-refractivity contribution is 5.82. The molecule has 92 valence electrons. The number of likely N-dealkylation sites (tertiary alicyclic amines) is 1. The number of likely N-dealkylation sites (N-methyl/N-ethyl adjacent to an activating group) is 1. The van der Waals surface area contributed by atoms with Crippen LogP contribution in [0.25, 0.3) is 0 Å². The minimum Gasteiger partial charge on any atom is -0.335 e. The van der Waals surface area contributed by atoms with Gasteiger partial charge in [-0.1, -0.05) is 0 Å². The second-order valence-corrected chi connectivity index (χ2v) is 4.57. The van der Waals surface area contributed by atoms with Crippen molar-refractivity contribution < 1.29 is 13.6 Å². The van der Waals surface area contributed by atoms with Gasteiger partial charge >= 0.3 is 0 Å². The van der Waals surface area contributed by atoms with Crippen molar-refractivity contribution in [3.05, 3.63) is 0 Å². The van der Waals surface area contributed by atoms with Crippen molar-refractivity contribution >= 4 is 5.91 Å². The first-order chi connectivity index (χ1) is 7.49. The number of piperazine rings is 1. The standard InChI is InChI=1S/C10H17F2N3O/c1-14-5-3-13-6-8(14)9(16)15-4-2-10(11,12)7-15/h8,13H,2-7H2,1H3. The zero-order valence-electron chi connectivity index (χ0n) is 9.38. The summed E-state index contributed by atoms with van der Waals surface area (Å²) in [7, 11) is 1.86. The molecule has 1 unspecified atom stereocenters. The molecule has 0 bridgehead atoms. The highest BCUT2D eigenvalue weighted by atomic mass is 19.3. The lowest BCUT2D eigenvalue weighted by Gasteiger charge is -2.34. The van der Waals surface area contributed by atoms with Gasteiger partial charge in [-0.15, -0.1) is 0 Å². The van der Waals surface area contributed by atoms with Gasteiger partial charge in [0.05, 0.1) is 6.54 Å². The third kappa shape index (κ3) is 2.32. The van der Waals surface area contributed by atoms with E-state index < -0.39 is 12.5 Å². The summed E-state index contributed by atoms with van der Waals surface area (Å²) in [5.41, 5.74) is 0. The topological polar surface area (TPSA) is 35.6 Å². The van der Waals surface area contributed by atoms with Gasteiger partial charge in [0.25, 0.3) is 5.92 Å². The quantitative estimate of drug-likeness (QED) is 0.679. The fourth-order valence-electron chi connectivity index (χ4n) is 2.22. The van der Waals surface area contributed by atoms with Crippen molar-refractivity contribution in [1.82, 2.24) is 15.1 Å². The number of nitrogens with one attached hydrogen (secondary N) is 1. The molecule has 0 aliphatic carbocycles. The average molecular weight is 233 g/mol. The van der Waals surface area contributed by atoms with Crippen LogP contribution >= 0.6 is 0 Å². The second kappa shape index (κ2) is 4.25. The molecule has 4 nitrogen and oxygen atoms in total. The molecule has 2 saturated heterocycles. The van der Waals surface area contributed by atoms with Crippen LogP contribution in [0.4, 0.5) is 8.78 Å². The molecule has 0 spiro atoms. The van der Waals surface area contributed by atoms with Crippen LogP contribution in [0.3, 0.4) is 0 Å². The largest absolute Gasteiger partial charge is 0.335 e. The molecule has 1 N–H and O–H groups in total. The van der Waals surface area contributed by atoms with Crippen LogP contribution in [0, 0.1) is 0 Å². The molecular formula is C10H17F2N3O. The molecule has 0 aromatic carbocycles. The number of halogens is 2. The Kier molecular flexibility index (Phi) is 3.12. The van der Waals surface area contributed by atoms with E-state index >= 15 is 0 Å². The summed E-state index contributed by atoms with van der Waals surface area (Å²) in [4.78, 5) is 15.2. The number of carbonyl (C=O) groups is 1. The number of carbonyl (C=O) groups excluding carboxylic acids is 1. The van der Waals surface area contributed by atoms with Gasteiger partial charge in [0.1, 0.15) is 6.04 Å². The third-order valence-corrected chi connectivity index (χ3v) is 3.28. The lowest BCUT2D eigenvalue weighted by Crippen LogP contribution is -2.56. The van der Waals surface area contributed by atoms with Crippen molar-refractivity contribution in [3.63, 3.8) is 0 Å². The van der Waals surface area contributed by atoms with Gasteiger partial charge < -0.3 is 10.2 Å². The molecule has 2 fully saturated rings. The van der Waals surface area contributed by atoms with Crippen molar-refractivity contribution in [2.24, 2.45) is 0 Å². The zero-order valence-corrected chi connectivity index (χ0v) is 9.38. The smallest absolute Gasteiger partial charge is 0.267 e. The van der Waals surface area contributed by atoms with Gasteiger partial charge in [-0.25, -0.2) is 8.78 Å². The normalized spacial score (nSPS) is 30.7. The van der Waals surface area contributed by atoms with Gasteiger partial charge in [0.15, 0.2) is 0 Å². The number of amides is 1. The minimum absolute atomic E-state index is 0.174. The molecule has 0 aromatic heterocycles. The summed E-state index contributed by atoms with van der Waals surface area (Å²) >= 11 is 0. The molecule has 2 rings (SSSR count). The molecule has 0 radical (unpaired) electrons. The molecule has 2 heterocycles. The van der Waals surface area contributed by atoms with Gasteiger partial charge in [-0.05, 0) is 7.05 Å². The number of nitrogens with zero attached hydrogens (tertiary/aromatic N) is 2. The summed E-state index contributed by atoms with van der Waals surface area (Å²) in [6.45, 7) is 1.93. The maximum Gasteiger partial charge on any atom is 0.267 e. The van der Waals surface area contributed by atoms with Crippen molar-refractivity contribution in [2.75, 3.05) is 39.8 Å². The van der Waals surface area contributed by atoms with E-state index in [1.165, 1.54) is 4.90 Å². The first kappa shape index (κ1) is 11.7. The lowest BCUT2D eigenvalue weighted by molar-refractivity contribution is -0.137. The Morgan fingerprint density at radius 3 is 2.75 bits per heavy atom. The van der Waals surface area contributed by atoms with E-state index in [1.54, 1.807) is 0 Å². The summed E-state index contributed by atoms with van der Waals surface area (Å²) in [5.74, 6) is -2.87. The maximum absolute atomic E-state index is 13.0. The molecule has 6 heteroatoms. The predicted octanol–water partition coefficient (Wildman–Crippen LogP) is -0.242. The van der Waals surface area contributed by atoms with Gasteiger partial charge in [-0.3, -0.25) is 9.69 Å². The highest BCUT2D eigenvalue weighted by Crippen LogP contribution is 2.27. The Balaban J connectivity index is 1.97. The molecule has 2 aliphatic heterocycles. The molecular weight excluding hydrogens is 216 g/mol. The average Bonchev–Trinajstić information content (AvgIpc) is 2.59. The number of alkyl halides is 2. The Hall–Kier alpha value is -0.750. The maximum atomic E-state index is 13.0. The summed E-state index contributed by atoms with van der Waals surface area (Å²) in [6.07, 6.45) is -0.206. The van der Waals surface area contributed by atoms with E-state index in [1.807, 2.05) is 11.9 Å². The van der Waals surface area contributed by atoms with Gasteiger partial charge in [-0.2, -0.15) is 0 Å². The van der Waals surface area contributed by atoms with E-state index in [4.69, 9.17) is 0 Å². The number of hydrogen-bond acceptors (Lipinski definition) is 3. The van der Waals surface area contributed by atoms with E-state index in [9.17, 15) is 13.6 Å². The van der Waals surface area contributed by atoms with Crippen LogP contribution in [-0.4, -0.2) is 67.4 Å². The molecule has 16 heavy (non-hydrogen) atoms. The highest BCUT2D eigenvalue weighted by Gasteiger charge is 2.42. The lowest BCUT2D eigenvalue weighted by atomic mass is 10.2. The number of hydrogen-bond donors (Lipinski definition) is 1. The monoisotopic (exact) mass is 233 g/mol. The molecule has 1 amide bonds. The predicted molar refractivity (Wildman–Crippen MR) is 55.4 cm³/mol. The summed E-state index contributed by atoms with van der Waals surface area (Å²) < 4.78 is 26.0. The van der Waals surface area contributed by atoms with Crippen molar-refractivity contribution in [3.8, 4) is 0 Å². The van der Waals surface area contributed by atoms with E-state index in [0.717, 1.165) is 13.1 Å². The SMILES string of the molecule is CN1CCNCC1C(=O)N1CCC(F)(F)C1. The Bertz CT molecular complexity index is 285. The number of rotatable bonds is 1. The van der Waals surface area contributed by atoms with Crippen LogP contribution < -0.4 is 5.32 Å². The van der Waals surface area contributed by atoms with Crippen LogP contribution in [0.1, 0.15) is 6.42 Å². The first-order valence-electron chi connectivity index (χ1n) is 5.57. The molecule has 1 atom stereocenters. The fraction of sp³-hybridized carbons (Fsp3) is 0.900. The molecule has 0 saturated carbocycles. The summed E-state index contributed by atoms with van der Waals surface area (Å²) in [5, 5.41) is 3.11. The van der Waals surface area contributed by atoms with E-state index in [2.05, 4.69) is 5.32 Å².